The van der Waals surface area contributed by atoms with E-state index in [1.165, 1.54) is 0 Å². The summed E-state index contributed by atoms with van der Waals surface area (Å²) < 4.78 is 10.7. The number of methoxy groups -OCH3 is 2. The largest absolute Gasteiger partial charge is 0.496 e. The van der Waals surface area contributed by atoms with E-state index in [-0.39, 0.29) is 5.54 Å². The van der Waals surface area contributed by atoms with Gasteiger partial charge in [-0.25, -0.2) is 0 Å². The highest BCUT2D eigenvalue weighted by molar-refractivity contribution is 5.48. The van der Waals surface area contributed by atoms with Gasteiger partial charge >= 0.3 is 0 Å². The van der Waals surface area contributed by atoms with Crippen molar-refractivity contribution in [2.45, 2.75) is 38.8 Å². The predicted octanol–water partition coefficient (Wildman–Crippen LogP) is 2.30. The van der Waals surface area contributed by atoms with Gasteiger partial charge in [0.1, 0.15) is 17.1 Å². The van der Waals surface area contributed by atoms with Crippen molar-refractivity contribution in [1.82, 2.24) is 5.32 Å². The van der Waals surface area contributed by atoms with Gasteiger partial charge in [0, 0.05) is 12.1 Å². The summed E-state index contributed by atoms with van der Waals surface area (Å²) in [5, 5.41) is 14.1. The van der Waals surface area contributed by atoms with Gasteiger partial charge in [0.2, 0.25) is 0 Å². The molecular weight excluding hydrogens is 242 g/mol. The zero-order valence-electron chi connectivity index (χ0n) is 12.7. The van der Waals surface area contributed by atoms with Crippen LogP contribution >= 0.6 is 0 Å². The number of hydrogen-bond acceptors (Lipinski definition) is 4. The molecule has 0 aliphatic heterocycles. The summed E-state index contributed by atoms with van der Waals surface area (Å²) in [4.78, 5) is 0. The lowest BCUT2D eigenvalue weighted by molar-refractivity contribution is 0.0452. The maximum absolute atomic E-state index is 10.8. The van der Waals surface area contributed by atoms with Gasteiger partial charge in [0.05, 0.1) is 19.8 Å². The second-order valence-corrected chi connectivity index (χ2v) is 5.91. The first-order valence-electron chi connectivity index (χ1n) is 6.40. The van der Waals surface area contributed by atoms with Gasteiger partial charge in [-0.15, -0.1) is 0 Å². The van der Waals surface area contributed by atoms with Crippen LogP contribution in [0.3, 0.4) is 0 Å². The molecule has 0 fully saturated rings. The minimum atomic E-state index is -1.08. The van der Waals surface area contributed by atoms with Crippen molar-refractivity contribution in [3.8, 4) is 11.5 Å². The molecule has 1 atom stereocenters. The van der Waals surface area contributed by atoms with Crippen molar-refractivity contribution in [3.63, 3.8) is 0 Å². The molecule has 1 aromatic rings. The molecule has 0 heterocycles. The minimum Gasteiger partial charge on any atom is -0.496 e. The Morgan fingerprint density at radius 2 is 1.53 bits per heavy atom. The third-order valence-corrected chi connectivity index (χ3v) is 2.93. The molecule has 0 aliphatic carbocycles. The number of ether oxygens (including phenoxy) is 2. The molecule has 0 aromatic heterocycles. The zero-order valence-corrected chi connectivity index (χ0v) is 12.7. The molecule has 0 aliphatic rings. The highest BCUT2D eigenvalue weighted by atomic mass is 16.5. The van der Waals surface area contributed by atoms with E-state index in [2.05, 4.69) is 26.1 Å². The van der Waals surface area contributed by atoms with Crippen molar-refractivity contribution in [2.24, 2.45) is 0 Å². The van der Waals surface area contributed by atoms with E-state index in [4.69, 9.17) is 9.47 Å². The molecule has 0 bridgehead atoms. The molecule has 1 aromatic carbocycles. The van der Waals surface area contributed by atoms with E-state index in [9.17, 15) is 5.11 Å². The normalized spacial score (nSPS) is 14.9. The summed E-state index contributed by atoms with van der Waals surface area (Å²) in [5.41, 5.74) is -0.485. The van der Waals surface area contributed by atoms with Crippen LogP contribution in [0.15, 0.2) is 18.2 Å². The first-order valence-corrected chi connectivity index (χ1v) is 6.40. The number of benzene rings is 1. The van der Waals surface area contributed by atoms with Crippen molar-refractivity contribution in [1.29, 1.82) is 0 Å². The SMILES string of the molecule is COc1cccc(OC)c1C(C)(O)CNC(C)(C)C. The van der Waals surface area contributed by atoms with E-state index < -0.39 is 5.60 Å². The van der Waals surface area contributed by atoms with Gasteiger partial charge < -0.3 is 19.9 Å². The summed E-state index contributed by atoms with van der Waals surface area (Å²) in [6.45, 7) is 8.34. The Labute approximate surface area is 115 Å². The van der Waals surface area contributed by atoms with Crippen molar-refractivity contribution >= 4 is 0 Å². The molecule has 19 heavy (non-hydrogen) atoms. The van der Waals surface area contributed by atoms with Crippen LogP contribution in [0.4, 0.5) is 0 Å². The van der Waals surface area contributed by atoms with Crippen LogP contribution in [0.5, 0.6) is 11.5 Å². The first kappa shape index (κ1) is 15.8. The van der Waals surface area contributed by atoms with Crippen LogP contribution in [-0.2, 0) is 5.60 Å². The Balaban J connectivity index is 3.11. The van der Waals surface area contributed by atoms with E-state index in [0.29, 0.717) is 23.6 Å². The van der Waals surface area contributed by atoms with Gasteiger partial charge in [-0.1, -0.05) is 6.07 Å². The molecule has 1 rings (SSSR count). The van der Waals surface area contributed by atoms with E-state index in [1.54, 1.807) is 21.1 Å². The van der Waals surface area contributed by atoms with Crippen molar-refractivity contribution in [2.75, 3.05) is 20.8 Å². The average molecular weight is 267 g/mol. The number of nitrogens with one attached hydrogen (secondary N) is 1. The first-order chi connectivity index (χ1) is 8.71. The quantitative estimate of drug-likeness (QED) is 0.859. The molecule has 0 radical (unpaired) electrons. The maximum atomic E-state index is 10.8. The average Bonchev–Trinajstić information content (AvgIpc) is 2.34. The topological polar surface area (TPSA) is 50.7 Å². The second-order valence-electron chi connectivity index (χ2n) is 5.91. The highest BCUT2D eigenvalue weighted by Gasteiger charge is 2.31. The van der Waals surface area contributed by atoms with Gasteiger partial charge in [-0.2, -0.15) is 0 Å². The summed E-state index contributed by atoms with van der Waals surface area (Å²) in [7, 11) is 3.18. The number of hydrogen-bond donors (Lipinski definition) is 2. The van der Waals surface area contributed by atoms with Crippen LogP contribution in [0.1, 0.15) is 33.3 Å². The van der Waals surface area contributed by atoms with Crippen LogP contribution in [-0.4, -0.2) is 31.4 Å². The summed E-state index contributed by atoms with van der Waals surface area (Å²) in [6, 6.07) is 5.49. The van der Waals surface area contributed by atoms with Crippen LogP contribution in [0.25, 0.3) is 0 Å². The van der Waals surface area contributed by atoms with E-state index >= 15 is 0 Å². The standard InChI is InChI=1S/C15H25NO3/c1-14(2,3)16-10-15(4,17)13-11(18-5)8-7-9-12(13)19-6/h7-9,16-17H,10H2,1-6H3. The zero-order chi connectivity index (χ0) is 14.7. The van der Waals surface area contributed by atoms with Crippen LogP contribution in [0, 0.1) is 0 Å². The molecule has 1 unspecified atom stereocenters. The Hall–Kier alpha value is -1.26. The monoisotopic (exact) mass is 267 g/mol. The third kappa shape index (κ3) is 4.11. The maximum Gasteiger partial charge on any atom is 0.128 e. The highest BCUT2D eigenvalue weighted by Crippen LogP contribution is 2.37. The number of β-amino-alcohol motifs (C(OH)–C–C–N with tert-alkyl or cyclic N) is 1. The second kappa shape index (κ2) is 5.80. The summed E-state index contributed by atoms with van der Waals surface area (Å²) in [6.07, 6.45) is 0. The molecular formula is C15H25NO3. The molecule has 2 N–H and O–H groups in total. The number of rotatable bonds is 5. The molecule has 0 spiro atoms. The summed E-state index contributed by atoms with van der Waals surface area (Å²) in [5.74, 6) is 1.25. The van der Waals surface area contributed by atoms with Crippen LogP contribution in [0.2, 0.25) is 0 Å². The van der Waals surface area contributed by atoms with Crippen molar-refractivity contribution in [3.05, 3.63) is 23.8 Å². The predicted molar refractivity (Wildman–Crippen MR) is 76.9 cm³/mol. The smallest absolute Gasteiger partial charge is 0.128 e. The van der Waals surface area contributed by atoms with Gasteiger partial charge in [0.15, 0.2) is 0 Å². The lowest BCUT2D eigenvalue weighted by atomic mass is 9.92. The molecule has 0 saturated carbocycles. The Morgan fingerprint density at radius 3 is 1.89 bits per heavy atom. The molecule has 4 nitrogen and oxygen atoms in total. The van der Waals surface area contributed by atoms with Crippen LogP contribution < -0.4 is 14.8 Å². The fraction of sp³-hybridized carbons (Fsp3) is 0.600. The fourth-order valence-electron chi connectivity index (χ4n) is 1.91. The van der Waals surface area contributed by atoms with Gasteiger partial charge in [-0.3, -0.25) is 0 Å². The fourth-order valence-corrected chi connectivity index (χ4v) is 1.91. The van der Waals surface area contributed by atoms with Gasteiger partial charge in [-0.05, 0) is 39.8 Å². The van der Waals surface area contributed by atoms with Crippen molar-refractivity contribution < 1.29 is 14.6 Å². The molecule has 0 saturated heterocycles. The van der Waals surface area contributed by atoms with Gasteiger partial charge in [0.25, 0.3) is 0 Å². The van der Waals surface area contributed by atoms with E-state index in [1.807, 2.05) is 18.2 Å². The molecule has 108 valence electrons. The molecule has 4 heteroatoms. The summed E-state index contributed by atoms with van der Waals surface area (Å²) >= 11 is 0. The lowest BCUT2D eigenvalue weighted by Gasteiger charge is -2.31. The Bertz CT molecular complexity index is 400. The lowest BCUT2D eigenvalue weighted by Crippen LogP contribution is -2.45. The Morgan fingerprint density at radius 1 is 1.05 bits per heavy atom. The number of aliphatic hydroxyl groups is 1. The minimum absolute atomic E-state index is 0.0702. The molecule has 0 amide bonds. The Kier molecular flexibility index (Phi) is 4.82. The van der Waals surface area contributed by atoms with E-state index in [0.717, 1.165) is 0 Å². The third-order valence-electron chi connectivity index (χ3n) is 2.93.